The summed E-state index contributed by atoms with van der Waals surface area (Å²) in [6.07, 6.45) is 3.01. The van der Waals surface area contributed by atoms with E-state index in [2.05, 4.69) is 5.32 Å². The summed E-state index contributed by atoms with van der Waals surface area (Å²) in [5.74, 6) is -0.373. The highest BCUT2D eigenvalue weighted by Crippen LogP contribution is 2.21. The number of anilines is 1. The van der Waals surface area contributed by atoms with Crippen LogP contribution in [0.1, 0.15) is 38.7 Å². The SMILES string of the molecule is CCCNC(=O)[C@@H](C)N(CCc1ccccc1)C(=O)CCCN(c1ccc(Cl)cc1)S(C)(=O)=O. The van der Waals surface area contributed by atoms with Crippen LogP contribution in [-0.4, -0.2) is 57.1 Å². The van der Waals surface area contributed by atoms with Gasteiger partial charge in [0.2, 0.25) is 21.8 Å². The third-order valence-electron chi connectivity index (χ3n) is 5.47. The van der Waals surface area contributed by atoms with Crippen LogP contribution < -0.4 is 9.62 Å². The fourth-order valence-corrected chi connectivity index (χ4v) is 4.67. The van der Waals surface area contributed by atoms with Gasteiger partial charge in [-0.05, 0) is 56.0 Å². The second-order valence-electron chi connectivity index (χ2n) is 8.20. The highest BCUT2D eigenvalue weighted by atomic mass is 35.5. The van der Waals surface area contributed by atoms with Gasteiger partial charge in [-0.2, -0.15) is 0 Å². The third kappa shape index (κ3) is 8.65. The maximum atomic E-state index is 13.2. The van der Waals surface area contributed by atoms with Crippen LogP contribution in [-0.2, 0) is 26.0 Å². The molecular weight excluding hydrogens is 474 g/mol. The lowest BCUT2D eigenvalue weighted by Crippen LogP contribution is -2.49. The zero-order valence-corrected chi connectivity index (χ0v) is 21.6. The smallest absolute Gasteiger partial charge is 0.242 e. The Bertz CT molecular complexity index is 1030. The zero-order chi connectivity index (χ0) is 25.1. The molecule has 2 aromatic rings. The average Bonchev–Trinajstić information content (AvgIpc) is 2.81. The molecule has 1 atom stereocenters. The Morgan fingerprint density at radius 1 is 1.03 bits per heavy atom. The molecule has 1 N–H and O–H groups in total. The van der Waals surface area contributed by atoms with Gasteiger partial charge in [-0.3, -0.25) is 13.9 Å². The molecule has 0 saturated heterocycles. The van der Waals surface area contributed by atoms with E-state index in [-0.39, 0.29) is 24.8 Å². The van der Waals surface area contributed by atoms with Gasteiger partial charge in [0.1, 0.15) is 6.04 Å². The lowest BCUT2D eigenvalue weighted by molar-refractivity contribution is -0.139. The first kappa shape index (κ1) is 27.7. The second-order valence-corrected chi connectivity index (χ2v) is 10.5. The van der Waals surface area contributed by atoms with Crippen molar-refractivity contribution in [1.29, 1.82) is 0 Å². The summed E-state index contributed by atoms with van der Waals surface area (Å²) in [7, 11) is -3.53. The molecule has 0 aliphatic heterocycles. The lowest BCUT2D eigenvalue weighted by Gasteiger charge is -2.29. The average molecular weight is 508 g/mol. The molecule has 0 radical (unpaired) electrons. The Labute approximate surface area is 208 Å². The van der Waals surface area contributed by atoms with Gasteiger partial charge in [-0.25, -0.2) is 8.42 Å². The van der Waals surface area contributed by atoms with E-state index in [0.29, 0.717) is 36.6 Å². The predicted molar refractivity (Wildman–Crippen MR) is 137 cm³/mol. The van der Waals surface area contributed by atoms with Crippen LogP contribution in [0.3, 0.4) is 0 Å². The quantitative estimate of drug-likeness (QED) is 0.446. The minimum atomic E-state index is -3.53. The topological polar surface area (TPSA) is 86.8 Å². The van der Waals surface area contributed by atoms with Crippen LogP contribution in [0.2, 0.25) is 5.02 Å². The molecule has 0 unspecified atom stereocenters. The Kier molecular flexibility index (Phi) is 10.9. The number of nitrogens with zero attached hydrogens (tertiary/aromatic N) is 2. The van der Waals surface area contributed by atoms with Gasteiger partial charge in [0.15, 0.2) is 0 Å². The third-order valence-corrected chi connectivity index (χ3v) is 6.91. The normalized spacial score (nSPS) is 12.1. The van der Waals surface area contributed by atoms with Gasteiger partial charge in [0.25, 0.3) is 0 Å². The number of hydrogen-bond acceptors (Lipinski definition) is 4. The first-order valence-corrected chi connectivity index (χ1v) is 13.7. The van der Waals surface area contributed by atoms with Crippen molar-refractivity contribution in [1.82, 2.24) is 10.2 Å². The largest absolute Gasteiger partial charge is 0.354 e. The number of carbonyl (C=O) groups excluding carboxylic acids is 2. The van der Waals surface area contributed by atoms with Crippen LogP contribution in [0.4, 0.5) is 5.69 Å². The highest BCUT2D eigenvalue weighted by Gasteiger charge is 2.26. The second kappa shape index (κ2) is 13.3. The fourth-order valence-electron chi connectivity index (χ4n) is 3.58. The van der Waals surface area contributed by atoms with Gasteiger partial charge < -0.3 is 10.2 Å². The van der Waals surface area contributed by atoms with Gasteiger partial charge in [-0.15, -0.1) is 0 Å². The van der Waals surface area contributed by atoms with Crippen LogP contribution in [0.15, 0.2) is 54.6 Å². The molecule has 0 bridgehead atoms. The molecule has 2 amide bonds. The predicted octanol–water partition coefficient (Wildman–Crippen LogP) is 3.87. The highest BCUT2D eigenvalue weighted by molar-refractivity contribution is 7.92. The van der Waals surface area contributed by atoms with E-state index >= 15 is 0 Å². The monoisotopic (exact) mass is 507 g/mol. The number of carbonyl (C=O) groups is 2. The minimum Gasteiger partial charge on any atom is -0.354 e. The fraction of sp³-hybridized carbons (Fsp3) is 0.440. The number of amides is 2. The van der Waals surface area contributed by atoms with E-state index in [4.69, 9.17) is 11.6 Å². The number of benzene rings is 2. The number of sulfonamides is 1. The molecule has 7 nitrogen and oxygen atoms in total. The zero-order valence-electron chi connectivity index (χ0n) is 20.0. The molecule has 186 valence electrons. The molecule has 0 heterocycles. The molecule has 0 spiro atoms. The van der Waals surface area contributed by atoms with Gasteiger partial charge >= 0.3 is 0 Å². The number of hydrogen-bond donors (Lipinski definition) is 1. The van der Waals surface area contributed by atoms with E-state index in [9.17, 15) is 18.0 Å². The van der Waals surface area contributed by atoms with Crippen LogP contribution in [0.5, 0.6) is 0 Å². The molecule has 2 aromatic carbocycles. The van der Waals surface area contributed by atoms with Crippen LogP contribution in [0, 0.1) is 0 Å². The van der Waals surface area contributed by atoms with E-state index in [1.165, 1.54) is 4.31 Å². The van der Waals surface area contributed by atoms with Crippen molar-refractivity contribution in [2.24, 2.45) is 0 Å². The van der Waals surface area contributed by atoms with Crippen molar-refractivity contribution in [2.45, 2.75) is 45.6 Å². The van der Waals surface area contributed by atoms with Crippen molar-refractivity contribution in [3.05, 3.63) is 65.2 Å². The Hall–Kier alpha value is -2.58. The Balaban J connectivity index is 2.08. The van der Waals surface area contributed by atoms with E-state index < -0.39 is 16.1 Å². The number of nitrogens with one attached hydrogen (secondary N) is 1. The summed E-state index contributed by atoms with van der Waals surface area (Å²) in [5, 5.41) is 3.37. The van der Waals surface area contributed by atoms with Gasteiger partial charge in [-0.1, -0.05) is 48.9 Å². The molecule has 0 saturated carbocycles. The van der Waals surface area contributed by atoms with E-state index in [1.807, 2.05) is 37.3 Å². The molecule has 0 fully saturated rings. The molecule has 34 heavy (non-hydrogen) atoms. The van der Waals surface area contributed by atoms with E-state index in [1.54, 1.807) is 36.1 Å². The summed E-state index contributed by atoms with van der Waals surface area (Å²) < 4.78 is 25.9. The molecule has 0 aromatic heterocycles. The first-order chi connectivity index (χ1) is 16.1. The van der Waals surface area contributed by atoms with Crippen LogP contribution in [0.25, 0.3) is 0 Å². The Morgan fingerprint density at radius 2 is 1.68 bits per heavy atom. The molecule has 0 aliphatic rings. The molecule has 2 rings (SSSR count). The standard InChI is InChI=1S/C25H34ClN3O4S/c1-4-17-27-25(31)20(2)28(19-16-21-9-6-5-7-10-21)24(30)11-8-18-29(34(3,32)33)23-14-12-22(26)13-15-23/h5-7,9-10,12-15,20H,4,8,11,16-19H2,1-3H3,(H,27,31)/t20-/m1/s1. The summed E-state index contributed by atoms with van der Waals surface area (Å²) in [6, 6.07) is 15.7. The Morgan fingerprint density at radius 3 is 2.26 bits per heavy atom. The van der Waals surface area contributed by atoms with Crippen molar-refractivity contribution in [3.8, 4) is 0 Å². The minimum absolute atomic E-state index is 0.125. The summed E-state index contributed by atoms with van der Waals surface area (Å²) in [4.78, 5) is 27.3. The van der Waals surface area contributed by atoms with Gasteiger partial charge in [0.05, 0.1) is 11.9 Å². The maximum absolute atomic E-state index is 13.2. The number of rotatable bonds is 13. The van der Waals surface area contributed by atoms with E-state index in [0.717, 1.165) is 18.2 Å². The van der Waals surface area contributed by atoms with Gasteiger partial charge in [0, 0.05) is 31.1 Å². The van der Waals surface area contributed by atoms with Crippen LogP contribution >= 0.6 is 11.6 Å². The summed E-state index contributed by atoms with van der Waals surface area (Å²) >= 11 is 5.92. The molecule has 9 heteroatoms. The lowest BCUT2D eigenvalue weighted by atomic mass is 10.1. The maximum Gasteiger partial charge on any atom is 0.242 e. The summed E-state index contributed by atoms with van der Waals surface area (Å²) in [5.41, 5.74) is 1.57. The number of halogens is 1. The molecular formula is C25H34ClN3O4S. The summed E-state index contributed by atoms with van der Waals surface area (Å²) in [6.45, 7) is 4.79. The van der Waals surface area contributed by atoms with Crippen molar-refractivity contribution in [2.75, 3.05) is 30.2 Å². The van der Waals surface area contributed by atoms with Crippen molar-refractivity contribution < 1.29 is 18.0 Å². The van der Waals surface area contributed by atoms with Crippen molar-refractivity contribution >= 4 is 39.1 Å². The first-order valence-electron chi connectivity index (χ1n) is 11.5. The van der Waals surface area contributed by atoms with Crippen molar-refractivity contribution in [3.63, 3.8) is 0 Å². The molecule has 0 aliphatic carbocycles.